The molecule has 0 aromatic rings. The van der Waals surface area contributed by atoms with E-state index >= 15 is 0 Å². The summed E-state index contributed by atoms with van der Waals surface area (Å²) in [6.07, 6.45) is -0.147. The largest absolute Gasteiger partial charge is 0.468 e. The van der Waals surface area contributed by atoms with E-state index in [1.807, 2.05) is 0 Å². The molecule has 1 aliphatic carbocycles. The summed E-state index contributed by atoms with van der Waals surface area (Å²) < 4.78 is 34.0. The predicted molar refractivity (Wildman–Crippen MR) is 79.1 cm³/mol. The number of carbonyl (C=O) groups excluding carboxylic acids is 3. The molecule has 1 saturated carbocycles. The van der Waals surface area contributed by atoms with E-state index in [2.05, 4.69) is 0 Å². The monoisotopic (exact) mass is 361 g/mol. The third kappa shape index (κ3) is 2.19. The molecule has 0 unspecified atom stereocenters. The van der Waals surface area contributed by atoms with Crippen molar-refractivity contribution < 1.29 is 37.5 Å². The van der Waals surface area contributed by atoms with E-state index in [0.29, 0.717) is 6.42 Å². The third-order valence-corrected chi connectivity index (χ3v) is 7.72. The van der Waals surface area contributed by atoms with Crippen molar-refractivity contribution in [3.05, 3.63) is 0 Å². The lowest BCUT2D eigenvalue weighted by molar-refractivity contribution is -0.152. The van der Waals surface area contributed by atoms with E-state index in [9.17, 15) is 18.9 Å². The smallest absolute Gasteiger partial charge is 0.349 e. The van der Waals surface area contributed by atoms with E-state index in [-0.39, 0.29) is 25.4 Å². The number of carbonyl (C=O) groups is 3. The van der Waals surface area contributed by atoms with Gasteiger partial charge in [0.2, 0.25) is 11.8 Å². The van der Waals surface area contributed by atoms with Gasteiger partial charge >= 0.3 is 13.6 Å². The molecule has 0 aromatic carbocycles. The molecule has 3 aliphatic rings. The van der Waals surface area contributed by atoms with Crippen LogP contribution in [0.4, 0.5) is 0 Å². The Morgan fingerprint density at radius 2 is 1.79 bits per heavy atom. The topological polar surface area (TPSA) is 112 Å². The highest BCUT2D eigenvalue weighted by Crippen LogP contribution is 2.67. The molecular weight excluding hydrogens is 341 g/mol. The Bertz CT molecular complexity index is 612. The Labute approximate surface area is 139 Å². The Balaban J connectivity index is 2.17. The normalized spacial score (nSPS) is 35.8. The molecule has 0 aromatic heterocycles. The predicted octanol–water partition coefficient (Wildman–Crippen LogP) is 0.463. The number of ether oxygens (including phenoxy) is 2. The molecule has 3 fully saturated rings. The summed E-state index contributed by atoms with van der Waals surface area (Å²) in [5.41, 5.74) is 0. The van der Waals surface area contributed by atoms with Gasteiger partial charge in [-0.1, -0.05) is 0 Å². The molecule has 3 rings (SSSR count). The summed E-state index contributed by atoms with van der Waals surface area (Å²) in [6, 6.07) is -1.06. The van der Waals surface area contributed by atoms with Crippen LogP contribution in [0.2, 0.25) is 0 Å². The second kappa shape index (κ2) is 5.91. The van der Waals surface area contributed by atoms with Gasteiger partial charge < -0.3 is 18.5 Å². The second-order valence-electron chi connectivity index (χ2n) is 6.06. The van der Waals surface area contributed by atoms with E-state index in [1.165, 1.54) is 14.2 Å². The zero-order chi connectivity index (χ0) is 17.7. The van der Waals surface area contributed by atoms with Crippen molar-refractivity contribution in [2.45, 2.75) is 49.1 Å². The minimum Gasteiger partial charge on any atom is -0.468 e. The number of rotatable bonds is 5. The number of imide groups is 1. The first-order valence-corrected chi connectivity index (χ1v) is 9.21. The van der Waals surface area contributed by atoms with E-state index in [1.54, 1.807) is 0 Å². The molecule has 0 bridgehead atoms. The molecule has 9 nitrogen and oxygen atoms in total. The number of nitrogens with zero attached hydrogens (tertiary/aromatic N) is 1. The fourth-order valence-corrected chi connectivity index (χ4v) is 6.03. The Kier molecular flexibility index (Phi) is 4.32. The minimum atomic E-state index is -4.03. The lowest BCUT2D eigenvalue weighted by atomic mass is 9.82. The van der Waals surface area contributed by atoms with E-state index in [4.69, 9.17) is 18.5 Å². The highest BCUT2D eigenvalue weighted by molar-refractivity contribution is 7.56. The van der Waals surface area contributed by atoms with Crippen molar-refractivity contribution in [3.8, 4) is 0 Å². The Morgan fingerprint density at radius 3 is 2.29 bits per heavy atom. The van der Waals surface area contributed by atoms with Crippen LogP contribution in [-0.4, -0.2) is 67.4 Å². The summed E-state index contributed by atoms with van der Waals surface area (Å²) in [7, 11) is -0.544. The number of fused-ring (bicyclic) bond motifs is 1. The zero-order valence-electron chi connectivity index (χ0n) is 13.7. The van der Waals surface area contributed by atoms with Crippen LogP contribution in [0.3, 0.4) is 0 Å². The number of likely N-dealkylation sites (tertiary alicyclic amines) is 1. The summed E-state index contributed by atoms with van der Waals surface area (Å²) in [4.78, 5) is 38.3. The van der Waals surface area contributed by atoms with Gasteiger partial charge in [-0.05, 0) is 12.8 Å². The van der Waals surface area contributed by atoms with Crippen LogP contribution in [0.25, 0.3) is 0 Å². The number of hydrogen-bond donors (Lipinski definition) is 0. The van der Waals surface area contributed by atoms with Crippen LogP contribution in [0, 0.1) is 0 Å². The molecule has 134 valence electrons. The minimum absolute atomic E-state index is 0.0498. The van der Waals surface area contributed by atoms with Crippen molar-refractivity contribution in [3.63, 3.8) is 0 Å². The van der Waals surface area contributed by atoms with Crippen molar-refractivity contribution in [1.29, 1.82) is 0 Å². The van der Waals surface area contributed by atoms with E-state index in [0.717, 1.165) is 12.0 Å². The van der Waals surface area contributed by atoms with Crippen LogP contribution in [-0.2, 0) is 37.5 Å². The average molecular weight is 361 g/mol. The highest BCUT2D eigenvalue weighted by Gasteiger charge is 2.73. The molecule has 2 aliphatic heterocycles. The fraction of sp³-hybridized carbons (Fsp3) is 0.786. The van der Waals surface area contributed by atoms with Gasteiger partial charge in [0.25, 0.3) is 0 Å². The first-order chi connectivity index (χ1) is 11.4. The molecule has 0 N–H and O–H groups in total. The number of amides is 2. The molecule has 0 radical (unpaired) electrons. The molecule has 2 heterocycles. The first kappa shape index (κ1) is 17.5. The molecule has 0 spiro atoms. The Hall–Kier alpha value is -1.28. The number of methoxy groups -OCH3 is 1. The third-order valence-electron chi connectivity index (χ3n) is 5.11. The Morgan fingerprint density at radius 1 is 1.21 bits per heavy atom. The number of epoxide rings is 1. The van der Waals surface area contributed by atoms with Crippen LogP contribution >= 0.6 is 7.60 Å². The lowest BCUT2D eigenvalue weighted by Gasteiger charge is -2.45. The maximum absolute atomic E-state index is 13.3. The highest BCUT2D eigenvalue weighted by atomic mass is 31.2. The molecule has 4 atom stereocenters. The maximum Gasteiger partial charge on any atom is 0.349 e. The average Bonchev–Trinajstić information content (AvgIpc) is 3.31. The van der Waals surface area contributed by atoms with Gasteiger partial charge in [0.1, 0.15) is 6.10 Å². The fourth-order valence-electron chi connectivity index (χ4n) is 3.92. The van der Waals surface area contributed by atoms with E-state index < -0.39 is 42.7 Å². The summed E-state index contributed by atoms with van der Waals surface area (Å²) in [5, 5.41) is -1.79. The van der Waals surface area contributed by atoms with Crippen LogP contribution in [0.15, 0.2) is 0 Å². The van der Waals surface area contributed by atoms with Gasteiger partial charge in [-0.15, -0.1) is 0 Å². The van der Waals surface area contributed by atoms with Crippen molar-refractivity contribution in [2.24, 2.45) is 0 Å². The SMILES string of the molecule is COC(=O)[C@@]1(P(=O)(OC)OC)CC[C@H]2O[C@H]2[C@@H]1N1C(=O)CCC1=O. The quantitative estimate of drug-likeness (QED) is 0.301. The van der Waals surface area contributed by atoms with Crippen LogP contribution in [0.5, 0.6) is 0 Å². The van der Waals surface area contributed by atoms with Crippen molar-refractivity contribution in [1.82, 2.24) is 4.90 Å². The maximum atomic E-state index is 13.3. The first-order valence-electron chi connectivity index (χ1n) is 7.66. The lowest BCUT2D eigenvalue weighted by Crippen LogP contribution is -2.63. The van der Waals surface area contributed by atoms with Gasteiger partial charge in [0.15, 0.2) is 5.16 Å². The standard InChI is InChI=1S/C14H20NO8P/c1-20-13(18)14(24(19,21-2)22-3)7-6-8-11(23-8)12(14)15-9(16)4-5-10(15)17/h8,11-12H,4-7H2,1-3H3/t8-,11-,12+,14-/m1/s1. The number of hydrogen-bond acceptors (Lipinski definition) is 8. The molecule has 2 saturated heterocycles. The molecular formula is C14H20NO8P. The van der Waals surface area contributed by atoms with Gasteiger partial charge in [0.05, 0.1) is 19.3 Å². The summed E-state index contributed by atoms with van der Waals surface area (Å²) >= 11 is 0. The molecule has 10 heteroatoms. The van der Waals surface area contributed by atoms with Gasteiger partial charge in [0, 0.05) is 27.1 Å². The van der Waals surface area contributed by atoms with Gasteiger partial charge in [-0.3, -0.25) is 23.8 Å². The second-order valence-corrected chi connectivity index (χ2v) is 8.58. The molecule has 2 amide bonds. The van der Waals surface area contributed by atoms with Gasteiger partial charge in [-0.2, -0.15) is 0 Å². The molecule has 24 heavy (non-hydrogen) atoms. The van der Waals surface area contributed by atoms with Crippen molar-refractivity contribution in [2.75, 3.05) is 21.3 Å². The van der Waals surface area contributed by atoms with Crippen LogP contribution < -0.4 is 0 Å². The summed E-state index contributed by atoms with van der Waals surface area (Å²) in [5.74, 6) is -1.68. The van der Waals surface area contributed by atoms with Crippen LogP contribution in [0.1, 0.15) is 25.7 Å². The summed E-state index contributed by atoms with van der Waals surface area (Å²) in [6.45, 7) is 0. The van der Waals surface area contributed by atoms with Crippen molar-refractivity contribution >= 4 is 25.4 Å². The van der Waals surface area contributed by atoms with Gasteiger partial charge in [-0.25, -0.2) is 0 Å². The number of esters is 1. The zero-order valence-corrected chi connectivity index (χ0v) is 14.6.